The van der Waals surface area contributed by atoms with E-state index >= 15 is 0 Å². The molecule has 0 amide bonds. The summed E-state index contributed by atoms with van der Waals surface area (Å²) in [5, 5.41) is 3.49. The predicted molar refractivity (Wildman–Crippen MR) is 61.6 cm³/mol. The zero-order chi connectivity index (χ0) is 10.4. The molecule has 1 N–H and O–H groups in total. The number of nitrogens with zero attached hydrogens (tertiary/aromatic N) is 2. The summed E-state index contributed by atoms with van der Waals surface area (Å²) >= 11 is 0. The molecule has 0 aromatic rings. The third-order valence-electron chi connectivity index (χ3n) is 2.75. The van der Waals surface area contributed by atoms with Crippen molar-refractivity contribution in [1.82, 2.24) is 15.1 Å². The van der Waals surface area contributed by atoms with Crippen molar-refractivity contribution in [2.75, 3.05) is 52.9 Å². The van der Waals surface area contributed by atoms with Crippen LogP contribution in [-0.4, -0.2) is 62.7 Å². The molecule has 3 heteroatoms. The van der Waals surface area contributed by atoms with Gasteiger partial charge in [0, 0.05) is 39.3 Å². The molecule has 1 fully saturated rings. The zero-order valence-electron chi connectivity index (χ0n) is 9.92. The molecule has 0 spiro atoms. The van der Waals surface area contributed by atoms with Crippen LogP contribution >= 0.6 is 0 Å². The Balaban J connectivity index is 1.96. The second-order valence-electron chi connectivity index (χ2n) is 4.74. The number of nitrogens with one attached hydrogen (secondary N) is 1. The Labute approximate surface area is 88.5 Å². The van der Waals surface area contributed by atoms with Crippen molar-refractivity contribution < 1.29 is 0 Å². The molecule has 0 radical (unpaired) electrons. The van der Waals surface area contributed by atoms with Gasteiger partial charge < -0.3 is 10.2 Å². The summed E-state index contributed by atoms with van der Waals surface area (Å²) in [6.45, 7) is 12.9. The van der Waals surface area contributed by atoms with Gasteiger partial charge in [0.05, 0.1) is 0 Å². The smallest absolute Gasteiger partial charge is 0.0110 e. The molecular formula is C11H25N3. The lowest BCUT2D eigenvalue weighted by molar-refractivity contribution is 0.154. The maximum Gasteiger partial charge on any atom is 0.0110 e. The average molecular weight is 199 g/mol. The molecule has 0 aromatic heterocycles. The second kappa shape index (κ2) is 6.38. The van der Waals surface area contributed by atoms with Crippen molar-refractivity contribution in [3.05, 3.63) is 0 Å². The van der Waals surface area contributed by atoms with E-state index in [4.69, 9.17) is 0 Å². The molecule has 0 bridgehead atoms. The van der Waals surface area contributed by atoms with Crippen LogP contribution in [0, 0.1) is 5.92 Å². The zero-order valence-corrected chi connectivity index (χ0v) is 9.92. The summed E-state index contributed by atoms with van der Waals surface area (Å²) < 4.78 is 0. The van der Waals surface area contributed by atoms with Crippen LogP contribution in [-0.2, 0) is 0 Å². The first-order valence-corrected chi connectivity index (χ1v) is 5.80. The lowest BCUT2D eigenvalue weighted by Gasteiger charge is -2.32. The minimum absolute atomic E-state index is 0.766. The SMILES string of the molecule is CC(C)CNCCN1CCN(C)CC1. The van der Waals surface area contributed by atoms with Gasteiger partial charge in [0.15, 0.2) is 0 Å². The topological polar surface area (TPSA) is 18.5 Å². The molecule has 1 aliphatic heterocycles. The Morgan fingerprint density at radius 2 is 1.79 bits per heavy atom. The van der Waals surface area contributed by atoms with Crippen LogP contribution in [0.3, 0.4) is 0 Å². The summed E-state index contributed by atoms with van der Waals surface area (Å²) in [5.41, 5.74) is 0. The van der Waals surface area contributed by atoms with Crippen LogP contribution < -0.4 is 5.32 Å². The van der Waals surface area contributed by atoms with E-state index in [1.165, 1.54) is 32.7 Å². The average Bonchev–Trinajstić information content (AvgIpc) is 2.15. The molecule has 0 atom stereocenters. The quantitative estimate of drug-likeness (QED) is 0.650. The second-order valence-corrected chi connectivity index (χ2v) is 4.74. The highest BCUT2D eigenvalue weighted by Crippen LogP contribution is 1.97. The van der Waals surface area contributed by atoms with Crippen LogP contribution in [0.5, 0.6) is 0 Å². The fraction of sp³-hybridized carbons (Fsp3) is 1.00. The van der Waals surface area contributed by atoms with E-state index in [9.17, 15) is 0 Å². The van der Waals surface area contributed by atoms with Crippen molar-refractivity contribution in [3.8, 4) is 0 Å². The minimum Gasteiger partial charge on any atom is -0.315 e. The lowest BCUT2D eigenvalue weighted by atomic mass is 10.2. The number of rotatable bonds is 5. The predicted octanol–water partition coefficient (Wildman–Crippen LogP) is 0.479. The molecule has 0 aromatic carbocycles. The van der Waals surface area contributed by atoms with Crippen molar-refractivity contribution in [1.29, 1.82) is 0 Å². The van der Waals surface area contributed by atoms with Crippen molar-refractivity contribution in [2.24, 2.45) is 5.92 Å². The summed E-state index contributed by atoms with van der Waals surface area (Å²) in [4.78, 5) is 4.95. The fourth-order valence-corrected chi connectivity index (χ4v) is 1.70. The Morgan fingerprint density at radius 3 is 2.36 bits per heavy atom. The first-order valence-electron chi connectivity index (χ1n) is 5.80. The lowest BCUT2D eigenvalue weighted by Crippen LogP contribution is -2.46. The first-order chi connectivity index (χ1) is 6.68. The molecule has 14 heavy (non-hydrogen) atoms. The molecule has 1 saturated heterocycles. The van der Waals surface area contributed by atoms with Crippen molar-refractivity contribution in [2.45, 2.75) is 13.8 Å². The van der Waals surface area contributed by atoms with E-state index in [1.807, 2.05) is 0 Å². The Hall–Kier alpha value is -0.120. The summed E-state index contributed by atoms with van der Waals surface area (Å²) in [5.74, 6) is 0.766. The van der Waals surface area contributed by atoms with Gasteiger partial charge in [-0.1, -0.05) is 13.8 Å². The maximum absolute atomic E-state index is 3.49. The number of hydrogen-bond acceptors (Lipinski definition) is 3. The van der Waals surface area contributed by atoms with E-state index in [0.717, 1.165) is 19.0 Å². The van der Waals surface area contributed by atoms with E-state index in [1.54, 1.807) is 0 Å². The first kappa shape index (κ1) is 12.0. The number of likely N-dealkylation sites (N-methyl/N-ethyl adjacent to an activating group) is 1. The van der Waals surface area contributed by atoms with Gasteiger partial charge in [0.25, 0.3) is 0 Å². The molecule has 3 nitrogen and oxygen atoms in total. The third kappa shape index (κ3) is 4.94. The van der Waals surface area contributed by atoms with Gasteiger partial charge in [-0.2, -0.15) is 0 Å². The van der Waals surface area contributed by atoms with Crippen LogP contribution in [0.1, 0.15) is 13.8 Å². The minimum atomic E-state index is 0.766. The fourth-order valence-electron chi connectivity index (χ4n) is 1.70. The Bertz CT molecular complexity index is 139. The molecule has 0 unspecified atom stereocenters. The van der Waals surface area contributed by atoms with Crippen molar-refractivity contribution >= 4 is 0 Å². The molecular weight excluding hydrogens is 174 g/mol. The van der Waals surface area contributed by atoms with Gasteiger partial charge in [-0.25, -0.2) is 0 Å². The molecule has 1 aliphatic rings. The highest BCUT2D eigenvalue weighted by Gasteiger charge is 2.12. The Kier molecular flexibility index (Phi) is 5.45. The van der Waals surface area contributed by atoms with Crippen LogP contribution in [0.15, 0.2) is 0 Å². The standard InChI is InChI=1S/C11H25N3/c1-11(2)10-12-4-5-14-8-6-13(3)7-9-14/h11-12H,4-10H2,1-3H3. The van der Waals surface area contributed by atoms with Gasteiger partial charge in [-0.15, -0.1) is 0 Å². The molecule has 1 rings (SSSR count). The monoisotopic (exact) mass is 199 g/mol. The molecule has 84 valence electrons. The number of piperazine rings is 1. The van der Waals surface area contributed by atoms with Gasteiger partial charge in [-0.3, -0.25) is 4.90 Å². The van der Waals surface area contributed by atoms with E-state index < -0.39 is 0 Å². The summed E-state index contributed by atoms with van der Waals surface area (Å²) in [6.07, 6.45) is 0. The number of hydrogen-bond donors (Lipinski definition) is 1. The highest BCUT2D eigenvalue weighted by atomic mass is 15.2. The maximum atomic E-state index is 3.49. The van der Waals surface area contributed by atoms with E-state index in [0.29, 0.717) is 0 Å². The van der Waals surface area contributed by atoms with Gasteiger partial charge in [0.2, 0.25) is 0 Å². The van der Waals surface area contributed by atoms with Crippen molar-refractivity contribution in [3.63, 3.8) is 0 Å². The van der Waals surface area contributed by atoms with Gasteiger partial charge in [-0.05, 0) is 19.5 Å². The Morgan fingerprint density at radius 1 is 1.14 bits per heavy atom. The normalized spacial score (nSPS) is 20.6. The summed E-state index contributed by atoms with van der Waals surface area (Å²) in [7, 11) is 2.20. The molecule has 0 aliphatic carbocycles. The third-order valence-corrected chi connectivity index (χ3v) is 2.75. The molecule has 0 saturated carbocycles. The van der Waals surface area contributed by atoms with E-state index in [2.05, 4.69) is 36.0 Å². The van der Waals surface area contributed by atoms with Gasteiger partial charge in [0.1, 0.15) is 0 Å². The largest absolute Gasteiger partial charge is 0.315 e. The van der Waals surface area contributed by atoms with Crippen LogP contribution in [0.25, 0.3) is 0 Å². The van der Waals surface area contributed by atoms with Crippen LogP contribution in [0.4, 0.5) is 0 Å². The summed E-state index contributed by atoms with van der Waals surface area (Å²) in [6, 6.07) is 0. The molecule has 1 heterocycles. The van der Waals surface area contributed by atoms with Gasteiger partial charge >= 0.3 is 0 Å². The van der Waals surface area contributed by atoms with E-state index in [-0.39, 0.29) is 0 Å². The van der Waals surface area contributed by atoms with Crippen LogP contribution in [0.2, 0.25) is 0 Å². The highest BCUT2D eigenvalue weighted by molar-refractivity contribution is 4.69.